The van der Waals surface area contributed by atoms with Crippen molar-refractivity contribution in [3.8, 4) is 5.75 Å². The van der Waals surface area contributed by atoms with Crippen molar-refractivity contribution in [3.63, 3.8) is 0 Å². The molecule has 0 radical (unpaired) electrons. The number of nitrogens with two attached hydrogens (primary N) is 1. The molecule has 11 nitrogen and oxygen atoms in total. The number of rotatable bonds is 6. The van der Waals surface area contributed by atoms with Crippen molar-refractivity contribution in [2.75, 3.05) is 20.7 Å². The van der Waals surface area contributed by atoms with Crippen LogP contribution in [0.5, 0.6) is 5.75 Å². The molecule has 37 heavy (non-hydrogen) atoms. The van der Waals surface area contributed by atoms with Gasteiger partial charge in [-0.25, -0.2) is 4.79 Å². The fourth-order valence-electron chi connectivity index (χ4n) is 5.82. The normalized spacial score (nSPS) is 27.1. The average molecular weight is 515 g/mol. The molecule has 11 heteroatoms. The fourth-order valence-corrected chi connectivity index (χ4v) is 5.82. The Hall–Kier alpha value is -3.70. The number of hydrogen-bond acceptors (Lipinski definition) is 10. The number of phenolic OH excluding ortho intramolecular Hbond substituents is 1. The van der Waals surface area contributed by atoms with Gasteiger partial charge < -0.3 is 30.9 Å². The summed E-state index contributed by atoms with van der Waals surface area (Å²) in [6.07, 6.45) is 1.42. The zero-order valence-corrected chi connectivity index (χ0v) is 20.8. The summed E-state index contributed by atoms with van der Waals surface area (Å²) < 4.78 is 5.32. The van der Waals surface area contributed by atoms with Gasteiger partial charge in [-0.3, -0.25) is 19.3 Å². The zero-order valence-electron chi connectivity index (χ0n) is 20.8. The molecule has 0 unspecified atom stereocenters. The predicted molar refractivity (Wildman–Crippen MR) is 129 cm³/mol. The Kier molecular flexibility index (Phi) is 6.63. The maximum absolute atomic E-state index is 13.8. The SMILES string of the molecule is CCCCOC(=O)c1ccc(O)c2c1C[C@H]1C[C@H]3[C@H](N(C)C)C(=O)C(C(N)=O)=C(O)[C@@]3(O)C(=O)C1=C2O. The van der Waals surface area contributed by atoms with Crippen molar-refractivity contribution < 1.29 is 44.3 Å². The van der Waals surface area contributed by atoms with E-state index in [0.29, 0.717) is 6.42 Å². The molecule has 0 spiro atoms. The van der Waals surface area contributed by atoms with Gasteiger partial charge in [-0.05, 0) is 57.0 Å². The number of esters is 1. The Morgan fingerprint density at radius 1 is 1.19 bits per heavy atom. The second kappa shape index (κ2) is 9.31. The fraction of sp³-hybridized carbons (Fsp3) is 0.462. The van der Waals surface area contributed by atoms with Crippen molar-refractivity contribution in [2.45, 2.75) is 44.2 Å². The molecule has 1 aromatic carbocycles. The number of primary amides is 1. The molecule has 3 aliphatic carbocycles. The molecule has 3 aliphatic rings. The standard InChI is InChI=1S/C26H30N2O9/c1-4-5-8-37-25(35)12-6-7-15(29)17-13(12)9-11-10-14-19(28(2)3)21(31)18(24(27)34)23(33)26(14,36)22(32)16(11)20(17)30/h6-7,11,14,19,29-30,33,36H,4-5,8-10H2,1-3H3,(H2,27,34)/t11-,14-,19-,26-/m0/s1. The van der Waals surface area contributed by atoms with E-state index < -0.39 is 69.8 Å². The molecule has 0 saturated heterocycles. The monoisotopic (exact) mass is 514 g/mol. The lowest BCUT2D eigenvalue weighted by atomic mass is 9.57. The number of aliphatic hydroxyl groups excluding tert-OH is 2. The first-order valence-corrected chi connectivity index (χ1v) is 12.0. The Bertz CT molecular complexity index is 1280. The van der Waals surface area contributed by atoms with Crippen molar-refractivity contribution in [3.05, 3.63) is 45.7 Å². The minimum absolute atomic E-state index is 0.0150. The summed E-state index contributed by atoms with van der Waals surface area (Å²) in [4.78, 5) is 53.1. The van der Waals surface area contributed by atoms with E-state index in [1.807, 2.05) is 6.92 Å². The molecule has 1 amide bonds. The van der Waals surface area contributed by atoms with Gasteiger partial charge in [0.2, 0.25) is 5.78 Å². The first-order valence-electron chi connectivity index (χ1n) is 12.0. The molecule has 1 fully saturated rings. The Labute approximate surface area is 212 Å². The van der Waals surface area contributed by atoms with E-state index in [4.69, 9.17) is 10.5 Å². The maximum atomic E-state index is 13.8. The van der Waals surface area contributed by atoms with E-state index in [1.54, 1.807) is 0 Å². The number of fused-ring (bicyclic) bond motifs is 3. The number of nitrogens with zero attached hydrogens (tertiary/aromatic N) is 1. The molecule has 0 heterocycles. The smallest absolute Gasteiger partial charge is 0.338 e. The number of benzene rings is 1. The van der Waals surface area contributed by atoms with Crippen LogP contribution in [0.4, 0.5) is 0 Å². The van der Waals surface area contributed by atoms with E-state index in [1.165, 1.54) is 31.1 Å². The van der Waals surface area contributed by atoms with Crippen LogP contribution in [0.3, 0.4) is 0 Å². The number of carbonyl (C=O) groups is 4. The Balaban J connectivity index is 1.90. The molecule has 0 aliphatic heterocycles. The molecule has 6 N–H and O–H groups in total. The number of amides is 1. The lowest BCUT2D eigenvalue weighted by molar-refractivity contribution is -0.153. The predicted octanol–water partition coefficient (Wildman–Crippen LogP) is 0.921. The van der Waals surface area contributed by atoms with Crippen LogP contribution in [0.25, 0.3) is 5.76 Å². The van der Waals surface area contributed by atoms with Crippen LogP contribution in [-0.2, 0) is 25.5 Å². The average Bonchev–Trinajstić information content (AvgIpc) is 2.81. The van der Waals surface area contributed by atoms with Gasteiger partial charge in [0, 0.05) is 11.5 Å². The summed E-state index contributed by atoms with van der Waals surface area (Å²) in [5.74, 6) is -8.05. The summed E-state index contributed by atoms with van der Waals surface area (Å²) >= 11 is 0. The highest BCUT2D eigenvalue weighted by molar-refractivity contribution is 6.24. The third-order valence-corrected chi connectivity index (χ3v) is 7.56. The molecule has 1 saturated carbocycles. The van der Waals surface area contributed by atoms with Crippen molar-refractivity contribution >= 4 is 29.2 Å². The highest BCUT2D eigenvalue weighted by Crippen LogP contribution is 2.52. The van der Waals surface area contributed by atoms with E-state index in [0.717, 1.165) is 6.42 Å². The summed E-state index contributed by atoms with van der Waals surface area (Å²) in [6, 6.07) is 1.39. The van der Waals surface area contributed by atoms with Gasteiger partial charge in [-0.2, -0.15) is 0 Å². The van der Waals surface area contributed by atoms with Gasteiger partial charge in [-0.15, -0.1) is 0 Å². The van der Waals surface area contributed by atoms with Crippen LogP contribution in [0, 0.1) is 11.8 Å². The number of aliphatic hydroxyl groups is 3. The Morgan fingerprint density at radius 3 is 2.46 bits per heavy atom. The maximum Gasteiger partial charge on any atom is 0.338 e. The number of likely N-dealkylation sites (N-methyl/N-ethyl adjacent to an activating group) is 1. The number of carbonyl (C=O) groups excluding carboxylic acids is 4. The zero-order chi connectivity index (χ0) is 27.4. The van der Waals surface area contributed by atoms with Gasteiger partial charge in [0.25, 0.3) is 5.91 Å². The number of phenols is 1. The lowest BCUT2D eigenvalue weighted by Crippen LogP contribution is -2.65. The van der Waals surface area contributed by atoms with Gasteiger partial charge >= 0.3 is 5.97 Å². The van der Waals surface area contributed by atoms with Crippen LogP contribution in [0.2, 0.25) is 0 Å². The number of ketones is 2. The molecule has 198 valence electrons. The second-order valence-corrected chi connectivity index (χ2v) is 9.94. The number of aromatic hydroxyl groups is 1. The van der Waals surface area contributed by atoms with E-state index >= 15 is 0 Å². The number of hydrogen-bond donors (Lipinski definition) is 5. The van der Waals surface area contributed by atoms with Gasteiger partial charge in [0.1, 0.15) is 22.8 Å². The molecule has 0 aromatic heterocycles. The van der Waals surface area contributed by atoms with Crippen molar-refractivity contribution in [1.29, 1.82) is 0 Å². The van der Waals surface area contributed by atoms with Crippen LogP contribution in [0.15, 0.2) is 29.0 Å². The summed E-state index contributed by atoms with van der Waals surface area (Å²) in [6.45, 7) is 2.13. The van der Waals surface area contributed by atoms with Crippen molar-refractivity contribution in [1.82, 2.24) is 4.90 Å². The lowest BCUT2D eigenvalue weighted by Gasteiger charge is -2.50. The topological polar surface area (TPSA) is 188 Å². The molecule has 4 atom stereocenters. The quantitative estimate of drug-likeness (QED) is 0.207. The third-order valence-electron chi connectivity index (χ3n) is 7.56. The van der Waals surface area contributed by atoms with E-state index in [9.17, 15) is 39.6 Å². The van der Waals surface area contributed by atoms with Crippen LogP contribution in [-0.4, -0.2) is 81.1 Å². The number of unbranched alkanes of at least 4 members (excludes halogenated alkanes) is 1. The van der Waals surface area contributed by atoms with Crippen LogP contribution >= 0.6 is 0 Å². The highest BCUT2D eigenvalue weighted by Gasteiger charge is 2.64. The minimum atomic E-state index is -2.71. The summed E-state index contributed by atoms with van der Waals surface area (Å²) in [7, 11) is 3.05. The van der Waals surface area contributed by atoms with Gasteiger partial charge in [-0.1, -0.05) is 13.3 Å². The summed E-state index contributed by atoms with van der Waals surface area (Å²) in [5, 5.41) is 44.2. The van der Waals surface area contributed by atoms with Crippen LogP contribution in [0.1, 0.15) is 47.7 Å². The largest absolute Gasteiger partial charge is 0.508 e. The molecular formula is C26H30N2O9. The Morgan fingerprint density at radius 2 is 1.86 bits per heavy atom. The molecule has 1 aromatic rings. The molecule has 0 bridgehead atoms. The highest BCUT2D eigenvalue weighted by atomic mass is 16.5. The first kappa shape index (κ1) is 26.4. The first-order chi connectivity index (χ1) is 17.4. The van der Waals surface area contributed by atoms with E-state index in [-0.39, 0.29) is 41.7 Å². The van der Waals surface area contributed by atoms with Gasteiger partial charge in [0.05, 0.1) is 23.8 Å². The van der Waals surface area contributed by atoms with Crippen LogP contribution < -0.4 is 5.73 Å². The minimum Gasteiger partial charge on any atom is -0.508 e. The van der Waals surface area contributed by atoms with Crippen molar-refractivity contribution in [2.24, 2.45) is 17.6 Å². The molecule has 4 rings (SSSR count). The van der Waals surface area contributed by atoms with E-state index in [2.05, 4.69) is 0 Å². The number of ether oxygens (including phenoxy) is 1. The summed E-state index contributed by atoms with van der Waals surface area (Å²) in [5.41, 5.74) is 1.68. The number of Topliss-reactive ketones (excluding diaryl/α,β-unsaturated/α-hetero) is 2. The third kappa shape index (κ3) is 3.80. The van der Waals surface area contributed by atoms with Gasteiger partial charge in [0.15, 0.2) is 11.4 Å². The second-order valence-electron chi connectivity index (χ2n) is 9.94. The molecular weight excluding hydrogens is 484 g/mol.